The van der Waals surface area contributed by atoms with Crippen LogP contribution in [0.2, 0.25) is 0 Å². The van der Waals surface area contributed by atoms with E-state index in [0.717, 1.165) is 5.92 Å². The van der Waals surface area contributed by atoms with E-state index in [1.807, 2.05) is 11.8 Å². The van der Waals surface area contributed by atoms with Crippen LogP contribution in [0, 0.1) is 5.92 Å². The molecule has 0 spiro atoms. The van der Waals surface area contributed by atoms with Crippen LogP contribution in [0.5, 0.6) is 0 Å². The van der Waals surface area contributed by atoms with Gasteiger partial charge in [-0.1, -0.05) is 20.8 Å². The van der Waals surface area contributed by atoms with Crippen molar-refractivity contribution in [2.45, 2.75) is 20.8 Å². The first-order valence-electron chi connectivity index (χ1n) is 3.52. The fraction of sp³-hybridized carbons (Fsp3) is 1.00. The second-order valence-corrected chi connectivity index (χ2v) is 3.89. The lowest BCUT2D eigenvalue weighted by atomic mass is 10.3. The minimum Gasteiger partial charge on any atom is -0.307 e. The molecular weight excluding hydrogens is 130 g/mol. The van der Waals surface area contributed by atoms with E-state index in [1.54, 1.807) is 0 Å². The Morgan fingerprint density at radius 2 is 1.89 bits per heavy atom. The zero-order chi connectivity index (χ0) is 7.11. The average Bonchev–Trinajstić information content (AvgIpc) is 2.11. The molecule has 0 amide bonds. The van der Waals surface area contributed by atoms with Gasteiger partial charge in [-0.15, -0.1) is 11.8 Å². The summed E-state index contributed by atoms with van der Waals surface area (Å²) in [7, 11) is 0. The molecule has 1 saturated heterocycles. The molecule has 1 aliphatic rings. The third-order valence-electron chi connectivity index (χ3n) is 0.627. The summed E-state index contributed by atoms with van der Waals surface area (Å²) in [5.74, 6) is 3.31. The van der Waals surface area contributed by atoms with Crippen LogP contribution in [-0.2, 0) is 0 Å². The summed E-state index contributed by atoms with van der Waals surface area (Å²) < 4.78 is 0. The molecule has 0 bridgehead atoms. The van der Waals surface area contributed by atoms with Crippen LogP contribution in [0.1, 0.15) is 20.8 Å². The summed E-state index contributed by atoms with van der Waals surface area (Å²) in [5.41, 5.74) is 0. The highest BCUT2D eigenvalue weighted by molar-refractivity contribution is 7.99. The van der Waals surface area contributed by atoms with Gasteiger partial charge in [0.25, 0.3) is 0 Å². The van der Waals surface area contributed by atoms with Gasteiger partial charge in [0.15, 0.2) is 0 Å². The van der Waals surface area contributed by atoms with Gasteiger partial charge in [-0.05, 0) is 5.92 Å². The molecule has 0 aliphatic carbocycles. The van der Waals surface area contributed by atoms with E-state index < -0.39 is 0 Å². The van der Waals surface area contributed by atoms with Crippen molar-refractivity contribution in [3.05, 3.63) is 0 Å². The van der Waals surface area contributed by atoms with Crippen molar-refractivity contribution < 1.29 is 0 Å². The SMILES string of the molecule is C1CSCN1.CC(C)C. The van der Waals surface area contributed by atoms with Crippen LogP contribution in [0.3, 0.4) is 0 Å². The Morgan fingerprint density at radius 1 is 1.33 bits per heavy atom. The Kier molecular flexibility index (Phi) is 6.65. The first kappa shape index (κ1) is 9.31. The van der Waals surface area contributed by atoms with Crippen LogP contribution in [0.4, 0.5) is 0 Å². The van der Waals surface area contributed by atoms with Crippen molar-refractivity contribution >= 4 is 11.8 Å². The minimum absolute atomic E-state index is 0.833. The van der Waals surface area contributed by atoms with Gasteiger partial charge in [0, 0.05) is 18.2 Å². The molecule has 1 fully saturated rings. The predicted molar refractivity (Wildman–Crippen MR) is 45.8 cm³/mol. The van der Waals surface area contributed by atoms with Crippen LogP contribution in [0.15, 0.2) is 0 Å². The van der Waals surface area contributed by atoms with Gasteiger partial charge in [-0.3, -0.25) is 0 Å². The number of hydrogen-bond donors (Lipinski definition) is 1. The standard InChI is InChI=1S/C4H10.C3H7NS/c1-4(2)3;1-2-5-3-4-1/h4H,1-3H3;4H,1-3H2. The third kappa shape index (κ3) is 11.7. The van der Waals surface area contributed by atoms with Crippen molar-refractivity contribution in [1.29, 1.82) is 0 Å². The van der Waals surface area contributed by atoms with Crippen LogP contribution < -0.4 is 5.32 Å². The zero-order valence-corrected chi connectivity index (χ0v) is 7.42. The largest absolute Gasteiger partial charge is 0.307 e. The lowest BCUT2D eigenvalue weighted by Crippen LogP contribution is -2.04. The molecule has 0 aromatic carbocycles. The average molecular weight is 147 g/mol. The topological polar surface area (TPSA) is 12.0 Å². The maximum absolute atomic E-state index is 3.19. The van der Waals surface area contributed by atoms with E-state index in [1.165, 1.54) is 18.2 Å². The van der Waals surface area contributed by atoms with Crippen molar-refractivity contribution in [2.75, 3.05) is 18.2 Å². The minimum atomic E-state index is 0.833. The van der Waals surface area contributed by atoms with Crippen molar-refractivity contribution in [3.8, 4) is 0 Å². The summed E-state index contributed by atoms with van der Waals surface area (Å²) in [6.45, 7) is 7.71. The van der Waals surface area contributed by atoms with Crippen molar-refractivity contribution in [3.63, 3.8) is 0 Å². The number of nitrogens with one attached hydrogen (secondary N) is 1. The lowest BCUT2D eigenvalue weighted by Gasteiger charge is -1.79. The third-order valence-corrected chi connectivity index (χ3v) is 1.53. The molecule has 2 heteroatoms. The van der Waals surface area contributed by atoms with E-state index in [0.29, 0.717) is 0 Å². The molecule has 1 rings (SSSR count). The molecular formula is C7H17NS. The van der Waals surface area contributed by atoms with E-state index in [4.69, 9.17) is 0 Å². The molecule has 56 valence electrons. The summed E-state index contributed by atoms with van der Waals surface area (Å²) >= 11 is 1.96. The van der Waals surface area contributed by atoms with E-state index in [-0.39, 0.29) is 0 Å². The molecule has 1 aliphatic heterocycles. The number of hydrogen-bond acceptors (Lipinski definition) is 2. The number of thioether (sulfide) groups is 1. The smallest absolute Gasteiger partial charge is 0.0418 e. The fourth-order valence-electron chi connectivity index (χ4n) is 0.361. The molecule has 0 aromatic heterocycles. The van der Waals surface area contributed by atoms with Gasteiger partial charge in [0.1, 0.15) is 0 Å². The van der Waals surface area contributed by atoms with Gasteiger partial charge in [-0.2, -0.15) is 0 Å². The summed E-state index contributed by atoms with van der Waals surface area (Å²) in [6, 6.07) is 0. The van der Waals surface area contributed by atoms with Gasteiger partial charge in [0.2, 0.25) is 0 Å². The second-order valence-electron chi connectivity index (χ2n) is 2.78. The predicted octanol–water partition coefficient (Wildman–Crippen LogP) is 1.94. The van der Waals surface area contributed by atoms with E-state index in [2.05, 4.69) is 26.1 Å². The fourth-order valence-corrected chi connectivity index (χ4v) is 1.08. The highest BCUT2D eigenvalue weighted by Gasteiger charge is 1.93. The van der Waals surface area contributed by atoms with Gasteiger partial charge in [0.05, 0.1) is 0 Å². The monoisotopic (exact) mass is 147 g/mol. The van der Waals surface area contributed by atoms with Crippen molar-refractivity contribution in [2.24, 2.45) is 5.92 Å². The number of rotatable bonds is 0. The quantitative estimate of drug-likeness (QED) is 0.562. The summed E-state index contributed by atoms with van der Waals surface area (Å²) in [5, 5.41) is 3.19. The molecule has 0 radical (unpaired) electrons. The van der Waals surface area contributed by atoms with Crippen LogP contribution >= 0.6 is 11.8 Å². The van der Waals surface area contributed by atoms with Crippen LogP contribution in [0.25, 0.3) is 0 Å². The normalized spacial score (nSPS) is 17.3. The lowest BCUT2D eigenvalue weighted by molar-refractivity contribution is 0.737. The Labute approximate surface area is 62.6 Å². The zero-order valence-electron chi connectivity index (χ0n) is 6.61. The second kappa shape index (κ2) is 6.43. The highest BCUT2D eigenvalue weighted by Crippen LogP contribution is 1.99. The Bertz CT molecular complexity index is 40.5. The first-order valence-corrected chi connectivity index (χ1v) is 4.67. The van der Waals surface area contributed by atoms with E-state index >= 15 is 0 Å². The molecule has 1 heterocycles. The van der Waals surface area contributed by atoms with Gasteiger partial charge < -0.3 is 5.32 Å². The molecule has 0 saturated carbocycles. The van der Waals surface area contributed by atoms with Crippen LogP contribution in [-0.4, -0.2) is 18.2 Å². The van der Waals surface area contributed by atoms with E-state index in [9.17, 15) is 0 Å². The van der Waals surface area contributed by atoms with Gasteiger partial charge in [-0.25, -0.2) is 0 Å². The highest BCUT2D eigenvalue weighted by atomic mass is 32.2. The molecule has 0 aromatic rings. The Hall–Kier alpha value is 0.310. The Balaban J connectivity index is 0.000000148. The molecule has 1 nitrogen and oxygen atoms in total. The first-order chi connectivity index (χ1) is 4.23. The summed E-state index contributed by atoms with van der Waals surface area (Å²) in [6.07, 6.45) is 0. The maximum Gasteiger partial charge on any atom is 0.0418 e. The molecule has 9 heavy (non-hydrogen) atoms. The molecule has 1 N–H and O–H groups in total. The maximum atomic E-state index is 3.19. The molecule has 0 atom stereocenters. The van der Waals surface area contributed by atoms with Gasteiger partial charge >= 0.3 is 0 Å². The molecule has 0 unspecified atom stereocenters. The Morgan fingerprint density at radius 3 is 2.00 bits per heavy atom. The van der Waals surface area contributed by atoms with Crippen molar-refractivity contribution in [1.82, 2.24) is 5.32 Å². The summed E-state index contributed by atoms with van der Waals surface area (Å²) in [4.78, 5) is 0.